The number of nitrogens with zero attached hydrogens (tertiary/aromatic N) is 5. The molecule has 102 valence electrons. The summed E-state index contributed by atoms with van der Waals surface area (Å²) >= 11 is 0. The first-order chi connectivity index (χ1) is 9.47. The Kier molecular flexibility index (Phi) is 2.67. The van der Waals surface area contributed by atoms with Crippen molar-refractivity contribution in [2.45, 2.75) is 26.2 Å². The van der Waals surface area contributed by atoms with Crippen LogP contribution in [0.25, 0.3) is 16.7 Å². The smallest absolute Gasteiger partial charge is 0.170 e. The number of hydrogen-bond acceptors (Lipinski definition) is 5. The second-order valence-electron chi connectivity index (χ2n) is 5.71. The molecule has 0 amide bonds. The quantitative estimate of drug-likeness (QED) is 0.730. The van der Waals surface area contributed by atoms with Crippen LogP contribution >= 0.6 is 0 Å². The molecule has 0 bridgehead atoms. The van der Waals surface area contributed by atoms with Gasteiger partial charge in [0, 0.05) is 17.8 Å². The highest BCUT2D eigenvalue weighted by molar-refractivity contribution is 5.76. The zero-order valence-corrected chi connectivity index (χ0v) is 11.7. The molecule has 20 heavy (non-hydrogen) atoms. The van der Waals surface area contributed by atoms with Crippen LogP contribution < -0.4 is 5.73 Å². The van der Waals surface area contributed by atoms with E-state index < -0.39 is 0 Å². The summed E-state index contributed by atoms with van der Waals surface area (Å²) in [5.74, 6) is 0.455. The van der Waals surface area contributed by atoms with Crippen LogP contribution in [0.1, 0.15) is 26.5 Å². The standard InChI is InChI=1S/C14H16N6/c1-14(2,3)12-13(15)18-19-20(12)9-4-5-10-11(8-9)17-7-6-16-10/h4-8H,15H2,1-3H3. The van der Waals surface area contributed by atoms with Crippen LogP contribution in [0.4, 0.5) is 5.82 Å². The van der Waals surface area contributed by atoms with Gasteiger partial charge >= 0.3 is 0 Å². The van der Waals surface area contributed by atoms with E-state index in [1.807, 2.05) is 18.2 Å². The minimum absolute atomic E-state index is 0.148. The van der Waals surface area contributed by atoms with Crippen molar-refractivity contribution in [3.05, 3.63) is 36.3 Å². The topological polar surface area (TPSA) is 82.5 Å². The molecule has 3 rings (SSSR count). The molecular formula is C14H16N6. The molecule has 0 saturated heterocycles. The summed E-state index contributed by atoms with van der Waals surface area (Å²) in [7, 11) is 0. The van der Waals surface area contributed by atoms with E-state index in [4.69, 9.17) is 5.73 Å². The molecule has 0 unspecified atom stereocenters. The van der Waals surface area contributed by atoms with Gasteiger partial charge in [-0.05, 0) is 18.2 Å². The molecule has 6 heteroatoms. The third-order valence-electron chi connectivity index (χ3n) is 3.10. The van der Waals surface area contributed by atoms with Gasteiger partial charge in [-0.1, -0.05) is 26.0 Å². The van der Waals surface area contributed by atoms with E-state index in [1.54, 1.807) is 17.1 Å². The monoisotopic (exact) mass is 268 g/mol. The van der Waals surface area contributed by atoms with Crippen molar-refractivity contribution in [2.75, 3.05) is 5.73 Å². The van der Waals surface area contributed by atoms with Gasteiger partial charge in [-0.3, -0.25) is 9.97 Å². The highest BCUT2D eigenvalue weighted by Crippen LogP contribution is 2.28. The molecule has 6 nitrogen and oxygen atoms in total. The van der Waals surface area contributed by atoms with E-state index >= 15 is 0 Å². The molecule has 0 aliphatic rings. The predicted octanol–water partition coefficient (Wildman–Crippen LogP) is 2.09. The first-order valence-electron chi connectivity index (χ1n) is 6.39. The second kappa shape index (κ2) is 4.26. The van der Waals surface area contributed by atoms with E-state index in [-0.39, 0.29) is 5.41 Å². The van der Waals surface area contributed by atoms with Crippen LogP contribution in [0.5, 0.6) is 0 Å². The number of anilines is 1. The maximum Gasteiger partial charge on any atom is 0.170 e. The fourth-order valence-electron chi connectivity index (χ4n) is 2.26. The van der Waals surface area contributed by atoms with Crippen LogP contribution in [0.2, 0.25) is 0 Å². The van der Waals surface area contributed by atoms with Gasteiger partial charge in [-0.25, -0.2) is 4.68 Å². The second-order valence-corrected chi connectivity index (χ2v) is 5.71. The van der Waals surface area contributed by atoms with Crippen LogP contribution in [-0.4, -0.2) is 25.0 Å². The lowest BCUT2D eigenvalue weighted by Crippen LogP contribution is -2.19. The van der Waals surface area contributed by atoms with Gasteiger partial charge < -0.3 is 5.73 Å². The number of aromatic nitrogens is 5. The largest absolute Gasteiger partial charge is 0.381 e. The molecule has 0 saturated carbocycles. The molecule has 2 aromatic heterocycles. The molecule has 0 aliphatic carbocycles. The van der Waals surface area contributed by atoms with Crippen LogP contribution in [0.15, 0.2) is 30.6 Å². The summed E-state index contributed by atoms with van der Waals surface area (Å²) in [5, 5.41) is 8.15. The molecular weight excluding hydrogens is 252 g/mol. The van der Waals surface area contributed by atoms with E-state index in [1.165, 1.54) is 0 Å². The normalized spacial score (nSPS) is 11.9. The number of hydrogen-bond donors (Lipinski definition) is 1. The average molecular weight is 268 g/mol. The molecule has 0 aliphatic heterocycles. The zero-order chi connectivity index (χ0) is 14.3. The van der Waals surface area contributed by atoms with Crippen molar-refractivity contribution < 1.29 is 0 Å². The van der Waals surface area contributed by atoms with E-state index in [0.717, 1.165) is 22.4 Å². The lowest BCUT2D eigenvalue weighted by molar-refractivity contribution is 0.544. The summed E-state index contributed by atoms with van der Waals surface area (Å²) in [6, 6.07) is 5.80. The fraction of sp³-hybridized carbons (Fsp3) is 0.286. The van der Waals surface area contributed by atoms with Crippen LogP contribution in [0.3, 0.4) is 0 Å². The Labute approximate surface area is 116 Å². The van der Waals surface area contributed by atoms with E-state index in [9.17, 15) is 0 Å². The van der Waals surface area contributed by atoms with Crippen molar-refractivity contribution in [3.63, 3.8) is 0 Å². The lowest BCUT2D eigenvalue weighted by atomic mass is 9.91. The Balaban J connectivity index is 2.21. The molecule has 1 aromatic carbocycles. The molecule has 0 spiro atoms. The molecule has 0 fully saturated rings. The summed E-state index contributed by atoms with van der Waals surface area (Å²) in [6.07, 6.45) is 3.35. The molecule has 0 atom stereocenters. The first-order valence-corrected chi connectivity index (χ1v) is 6.39. The number of fused-ring (bicyclic) bond motifs is 1. The molecule has 2 N–H and O–H groups in total. The third-order valence-corrected chi connectivity index (χ3v) is 3.10. The van der Waals surface area contributed by atoms with Crippen molar-refractivity contribution >= 4 is 16.9 Å². The van der Waals surface area contributed by atoms with Crippen molar-refractivity contribution in [2.24, 2.45) is 0 Å². The SMILES string of the molecule is CC(C)(C)c1c(N)nnn1-c1ccc2nccnc2c1. The predicted molar refractivity (Wildman–Crippen MR) is 77.6 cm³/mol. The summed E-state index contributed by atoms with van der Waals surface area (Å²) in [5.41, 5.74) is 9.25. The number of nitrogens with two attached hydrogens (primary N) is 1. The summed E-state index contributed by atoms with van der Waals surface area (Å²) in [4.78, 5) is 8.57. The van der Waals surface area contributed by atoms with Crippen molar-refractivity contribution in [1.82, 2.24) is 25.0 Å². The van der Waals surface area contributed by atoms with Gasteiger partial charge in [0.05, 0.1) is 22.4 Å². The minimum atomic E-state index is -0.148. The van der Waals surface area contributed by atoms with Gasteiger partial charge in [-0.2, -0.15) is 0 Å². The van der Waals surface area contributed by atoms with E-state index in [2.05, 4.69) is 41.1 Å². The zero-order valence-electron chi connectivity index (χ0n) is 11.7. The highest BCUT2D eigenvalue weighted by Gasteiger charge is 2.24. The molecule has 3 aromatic rings. The van der Waals surface area contributed by atoms with Gasteiger partial charge in [-0.15, -0.1) is 5.10 Å². The average Bonchev–Trinajstić information content (AvgIpc) is 2.80. The Morgan fingerprint density at radius 3 is 2.45 bits per heavy atom. The third kappa shape index (κ3) is 1.99. The lowest BCUT2D eigenvalue weighted by Gasteiger charge is -2.20. The van der Waals surface area contributed by atoms with Crippen LogP contribution in [0, 0.1) is 0 Å². The van der Waals surface area contributed by atoms with Gasteiger partial charge in [0.1, 0.15) is 0 Å². The molecule has 2 heterocycles. The number of rotatable bonds is 1. The Morgan fingerprint density at radius 1 is 1.05 bits per heavy atom. The minimum Gasteiger partial charge on any atom is -0.381 e. The van der Waals surface area contributed by atoms with Gasteiger partial charge in [0.25, 0.3) is 0 Å². The summed E-state index contributed by atoms with van der Waals surface area (Å²) in [6.45, 7) is 6.25. The fourth-order valence-corrected chi connectivity index (χ4v) is 2.26. The summed E-state index contributed by atoms with van der Waals surface area (Å²) < 4.78 is 1.77. The van der Waals surface area contributed by atoms with Crippen molar-refractivity contribution in [1.29, 1.82) is 0 Å². The number of nitrogen functional groups attached to an aromatic ring is 1. The number of benzene rings is 1. The van der Waals surface area contributed by atoms with Crippen molar-refractivity contribution in [3.8, 4) is 5.69 Å². The maximum absolute atomic E-state index is 5.96. The first kappa shape index (κ1) is 12.5. The maximum atomic E-state index is 5.96. The van der Waals surface area contributed by atoms with Gasteiger partial charge in [0.2, 0.25) is 0 Å². The highest BCUT2D eigenvalue weighted by atomic mass is 15.4. The van der Waals surface area contributed by atoms with Crippen LogP contribution in [-0.2, 0) is 5.41 Å². The van der Waals surface area contributed by atoms with E-state index in [0.29, 0.717) is 5.82 Å². The molecule has 0 radical (unpaired) electrons. The van der Waals surface area contributed by atoms with Gasteiger partial charge in [0.15, 0.2) is 5.82 Å². The Morgan fingerprint density at radius 2 is 1.75 bits per heavy atom. The Bertz CT molecular complexity index is 769. The Hall–Kier alpha value is -2.50.